The fraction of sp³-hybridized carbons (Fsp3) is 0.429. The van der Waals surface area contributed by atoms with Gasteiger partial charge in [-0.3, -0.25) is 9.59 Å². The van der Waals surface area contributed by atoms with Gasteiger partial charge in [0.15, 0.2) is 11.6 Å². The van der Waals surface area contributed by atoms with Crippen molar-refractivity contribution in [3.05, 3.63) is 29.6 Å². The first-order chi connectivity index (χ1) is 9.45. The molecular formula is C14H18FNO4. The molecule has 1 rings (SSSR count). The monoisotopic (exact) mass is 283 g/mol. The van der Waals surface area contributed by atoms with E-state index in [1.54, 1.807) is 12.1 Å². The lowest BCUT2D eigenvalue weighted by atomic mass is 10.1. The third-order valence-corrected chi connectivity index (χ3v) is 2.91. The Bertz CT molecular complexity index is 490. The molecule has 0 aromatic heterocycles. The molecule has 0 aliphatic carbocycles. The normalized spacial score (nSPS) is 11.8. The molecular weight excluding hydrogens is 265 g/mol. The highest BCUT2D eigenvalue weighted by Gasteiger charge is 2.13. The van der Waals surface area contributed by atoms with Crippen LogP contribution in [-0.2, 0) is 16.0 Å². The van der Waals surface area contributed by atoms with E-state index in [4.69, 9.17) is 9.84 Å². The van der Waals surface area contributed by atoms with Crippen LogP contribution in [0.1, 0.15) is 18.9 Å². The number of halogens is 1. The molecule has 1 aromatic rings. The minimum absolute atomic E-state index is 0.0642. The fourth-order valence-electron chi connectivity index (χ4n) is 1.60. The summed E-state index contributed by atoms with van der Waals surface area (Å²) in [6.45, 7) is 1.57. The highest BCUT2D eigenvalue weighted by atomic mass is 19.1. The summed E-state index contributed by atoms with van der Waals surface area (Å²) in [6, 6.07) is 4.75. The summed E-state index contributed by atoms with van der Waals surface area (Å²) in [5, 5.41) is 11.2. The molecule has 5 nitrogen and oxygen atoms in total. The molecule has 1 aromatic carbocycles. The van der Waals surface area contributed by atoms with Crippen molar-refractivity contribution in [3.63, 3.8) is 0 Å². The average molecular weight is 283 g/mol. The second-order valence-corrected chi connectivity index (χ2v) is 4.48. The predicted octanol–water partition coefficient (Wildman–Crippen LogP) is 1.60. The molecule has 0 fully saturated rings. The second-order valence-electron chi connectivity index (χ2n) is 4.48. The summed E-state index contributed by atoms with van der Waals surface area (Å²) in [5.74, 6) is -2.25. The molecule has 110 valence electrons. The minimum Gasteiger partial charge on any atom is -0.494 e. The van der Waals surface area contributed by atoms with Crippen LogP contribution in [0.2, 0.25) is 0 Å². The molecule has 0 saturated carbocycles. The topological polar surface area (TPSA) is 75.6 Å². The van der Waals surface area contributed by atoms with Crippen LogP contribution in [0, 0.1) is 11.7 Å². The lowest BCUT2D eigenvalue weighted by Crippen LogP contribution is -2.31. The number of carbonyl (C=O) groups excluding carboxylic acids is 1. The Morgan fingerprint density at radius 1 is 1.45 bits per heavy atom. The Morgan fingerprint density at radius 2 is 2.15 bits per heavy atom. The first-order valence-corrected chi connectivity index (χ1v) is 6.26. The van der Waals surface area contributed by atoms with Gasteiger partial charge < -0.3 is 15.2 Å². The van der Waals surface area contributed by atoms with Crippen LogP contribution in [0.3, 0.4) is 0 Å². The van der Waals surface area contributed by atoms with Crippen molar-refractivity contribution in [1.82, 2.24) is 5.32 Å². The molecule has 0 heterocycles. The third-order valence-electron chi connectivity index (χ3n) is 2.91. The highest BCUT2D eigenvalue weighted by molar-refractivity contribution is 5.77. The van der Waals surface area contributed by atoms with E-state index < -0.39 is 17.7 Å². The molecule has 0 spiro atoms. The Balaban J connectivity index is 2.47. The van der Waals surface area contributed by atoms with E-state index in [-0.39, 0.29) is 31.0 Å². The van der Waals surface area contributed by atoms with Crippen molar-refractivity contribution >= 4 is 11.9 Å². The van der Waals surface area contributed by atoms with Crippen LogP contribution in [0.15, 0.2) is 18.2 Å². The number of amides is 1. The zero-order chi connectivity index (χ0) is 15.1. The number of nitrogens with one attached hydrogen (secondary N) is 1. The molecule has 0 radical (unpaired) electrons. The third kappa shape index (κ3) is 4.53. The molecule has 0 aliphatic heterocycles. The van der Waals surface area contributed by atoms with Gasteiger partial charge >= 0.3 is 5.97 Å². The van der Waals surface area contributed by atoms with Gasteiger partial charge in [0, 0.05) is 13.0 Å². The van der Waals surface area contributed by atoms with Gasteiger partial charge in [-0.15, -0.1) is 0 Å². The SMILES string of the molecule is COc1cccc(CCC(=O)NCC(C)C(=O)O)c1F. The standard InChI is InChI=1S/C14H18FNO4/c1-9(14(18)19)8-16-12(17)7-6-10-4-3-5-11(20-2)13(10)15/h3-5,9H,6-8H2,1-2H3,(H,16,17)(H,18,19). The first kappa shape index (κ1) is 15.9. The van der Waals surface area contributed by atoms with E-state index in [9.17, 15) is 14.0 Å². The Hall–Kier alpha value is -2.11. The molecule has 0 aliphatic rings. The zero-order valence-corrected chi connectivity index (χ0v) is 11.5. The van der Waals surface area contributed by atoms with Crippen molar-refractivity contribution in [2.24, 2.45) is 5.92 Å². The molecule has 0 bridgehead atoms. The van der Waals surface area contributed by atoms with Crippen molar-refractivity contribution in [2.75, 3.05) is 13.7 Å². The number of carbonyl (C=O) groups is 2. The van der Waals surface area contributed by atoms with Gasteiger partial charge in [0.25, 0.3) is 0 Å². The van der Waals surface area contributed by atoms with Gasteiger partial charge in [-0.05, 0) is 18.1 Å². The van der Waals surface area contributed by atoms with Crippen LogP contribution >= 0.6 is 0 Å². The van der Waals surface area contributed by atoms with E-state index in [2.05, 4.69) is 5.32 Å². The molecule has 0 saturated heterocycles. The number of rotatable bonds is 7. The number of aliphatic carboxylic acids is 1. The maximum absolute atomic E-state index is 13.8. The summed E-state index contributed by atoms with van der Waals surface area (Å²) < 4.78 is 18.7. The molecule has 1 unspecified atom stereocenters. The number of hydrogen-bond donors (Lipinski definition) is 2. The lowest BCUT2D eigenvalue weighted by Gasteiger charge is -2.09. The molecule has 1 atom stereocenters. The molecule has 20 heavy (non-hydrogen) atoms. The number of carboxylic acid groups (broad SMARTS) is 1. The lowest BCUT2D eigenvalue weighted by molar-refractivity contribution is -0.141. The zero-order valence-electron chi connectivity index (χ0n) is 11.5. The van der Waals surface area contributed by atoms with Gasteiger partial charge in [0.2, 0.25) is 5.91 Å². The van der Waals surface area contributed by atoms with Crippen LogP contribution < -0.4 is 10.1 Å². The van der Waals surface area contributed by atoms with Crippen LogP contribution in [-0.4, -0.2) is 30.6 Å². The van der Waals surface area contributed by atoms with Crippen molar-refractivity contribution in [1.29, 1.82) is 0 Å². The highest BCUT2D eigenvalue weighted by Crippen LogP contribution is 2.20. The van der Waals surface area contributed by atoms with Gasteiger partial charge in [0.05, 0.1) is 13.0 Å². The minimum atomic E-state index is -0.968. The van der Waals surface area contributed by atoms with Crippen molar-refractivity contribution in [2.45, 2.75) is 19.8 Å². The van der Waals surface area contributed by atoms with Crippen molar-refractivity contribution in [3.8, 4) is 5.75 Å². The number of hydrogen-bond acceptors (Lipinski definition) is 3. The van der Waals surface area contributed by atoms with E-state index in [0.29, 0.717) is 5.56 Å². The van der Waals surface area contributed by atoms with Gasteiger partial charge in [-0.2, -0.15) is 0 Å². The van der Waals surface area contributed by atoms with E-state index in [1.165, 1.54) is 20.1 Å². The van der Waals surface area contributed by atoms with Crippen LogP contribution in [0.4, 0.5) is 4.39 Å². The van der Waals surface area contributed by atoms with Crippen LogP contribution in [0.5, 0.6) is 5.75 Å². The molecule has 1 amide bonds. The first-order valence-electron chi connectivity index (χ1n) is 6.26. The Labute approximate surface area is 116 Å². The van der Waals surface area contributed by atoms with Crippen molar-refractivity contribution < 1.29 is 23.8 Å². The van der Waals surface area contributed by atoms with E-state index in [0.717, 1.165) is 0 Å². The quantitative estimate of drug-likeness (QED) is 0.797. The van der Waals surface area contributed by atoms with Crippen LogP contribution in [0.25, 0.3) is 0 Å². The van der Waals surface area contributed by atoms with Gasteiger partial charge in [-0.25, -0.2) is 4.39 Å². The predicted molar refractivity (Wildman–Crippen MR) is 71.1 cm³/mol. The summed E-state index contributed by atoms with van der Waals surface area (Å²) in [4.78, 5) is 22.1. The second kappa shape index (κ2) is 7.47. The maximum Gasteiger partial charge on any atom is 0.308 e. The van der Waals surface area contributed by atoms with E-state index >= 15 is 0 Å². The fourth-order valence-corrected chi connectivity index (χ4v) is 1.60. The molecule has 2 N–H and O–H groups in total. The maximum atomic E-state index is 13.8. The number of carboxylic acids is 1. The Kier molecular flexibility index (Phi) is 5.96. The molecule has 6 heteroatoms. The summed E-state index contributed by atoms with van der Waals surface area (Å²) in [5.41, 5.74) is 0.394. The number of benzene rings is 1. The number of aryl methyl sites for hydroxylation is 1. The number of methoxy groups -OCH3 is 1. The summed E-state index contributed by atoms with van der Waals surface area (Å²) in [7, 11) is 1.38. The van der Waals surface area contributed by atoms with Gasteiger partial charge in [0.1, 0.15) is 0 Å². The Morgan fingerprint density at radius 3 is 2.75 bits per heavy atom. The summed E-state index contributed by atoms with van der Waals surface area (Å²) >= 11 is 0. The summed E-state index contributed by atoms with van der Waals surface area (Å²) in [6.07, 6.45) is 0.326. The average Bonchev–Trinajstić information content (AvgIpc) is 2.43. The van der Waals surface area contributed by atoms with Gasteiger partial charge in [-0.1, -0.05) is 19.1 Å². The largest absolute Gasteiger partial charge is 0.494 e. The van der Waals surface area contributed by atoms with E-state index in [1.807, 2.05) is 0 Å². The number of ether oxygens (including phenoxy) is 1. The smallest absolute Gasteiger partial charge is 0.308 e.